The number of hydrogen-bond acceptors (Lipinski definition) is 3. The molecule has 1 saturated carbocycles. The van der Waals surface area contributed by atoms with E-state index in [-0.39, 0.29) is 11.9 Å². The summed E-state index contributed by atoms with van der Waals surface area (Å²) in [6.45, 7) is 0. The Hall–Kier alpha value is -1.46. The standard InChI is InChI=1S/C9H18N4O2/c1-13(2)8(14)11-9(7(10)12-15)5-3-4-6-9/h15H,3-6H2,1-2H3,(H2,10,12)(H,11,14). The van der Waals surface area contributed by atoms with Crippen LogP contribution < -0.4 is 11.1 Å². The zero-order chi connectivity index (χ0) is 11.5. The van der Waals surface area contributed by atoms with Gasteiger partial charge in [0.1, 0.15) is 5.54 Å². The van der Waals surface area contributed by atoms with Crippen LogP contribution >= 0.6 is 0 Å². The van der Waals surface area contributed by atoms with Crippen LogP contribution in [0.3, 0.4) is 0 Å². The van der Waals surface area contributed by atoms with Crippen LogP contribution in [-0.4, -0.2) is 41.6 Å². The van der Waals surface area contributed by atoms with E-state index in [1.165, 1.54) is 4.90 Å². The van der Waals surface area contributed by atoms with Gasteiger partial charge >= 0.3 is 6.03 Å². The maximum atomic E-state index is 11.5. The van der Waals surface area contributed by atoms with Crippen LogP contribution in [0, 0.1) is 0 Å². The lowest BCUT2D eigenvalue weighted by Gasteiger charge is -2.30. The summed E-state index contributed by atoms with van der Waals surface area (Å²) in [4.78, 5) is 13.0. The molecule has 0 heterocycles. The highest BCUT2D eigenvalue weighted by Gasteiger charge is 2.40. The Bertz CT molecular complexity index is 269. The van der Waals surface area contributed by atoms with E-state index in [1.54, 1.807) is 14.1 Å². The Balaban J connectivity index is 2.79. The molecule has 1 aliphatic carbocycles. The van der Waals surface area contributed by atoms with Crippen molar-refractivity contribution in [3.05, 3.63) is 0 Å². The van der Waals surface area contributed by atoms with E-state index in [1.807, 2.05) is 0 Å². The van der Waals surface area contributed by atoms with Crippen molar-refractivity contribution in [3.63, 3.8) is 0 Å². The van der Waals surface area contributed by atoms with Crippen molar-refractivity contribution in [2.45, 2.75) is 31.2 Å². The van der Waals surface area contributed by atoms with Gasteiger partial charge in [0.2, 0.25) is 0 Å². The summed E-state index contributed by atoms with van der Waals surface area (Å²) in [6.07, 6.45) is 3.40. The lowest BCUT2D eigenvalue weighted by Crippen LogP contribution is -2.57. The summed E-state index contributed by atoms with van der Waals surface area (Å²) in [6, 6.07) is -0.219. The molecule has 0 aromatic carbocycles. The summed E-state index contributed by atoms with van der Waals surface area (Å²) in [5, 5.41) is 14.5. The minimum atomic E-state index is -0.657. The van der Waals surface area contributed by atoms with Crippen LogP contribution in [0.15, 0.2) is 5.16 Å². The van der Waals surface area contributed by atoms with E-state index in [4.69, 9.17) is 10.9 Å². The van der Waals surface area contributed by atoms with Crippen molar-refractivity contribution in [1.82, 2.24) is 10.2 Å². The summed E-state index contributed by atoms with van der Waals surface area (Å²) in [5.41, 5.74) is 4.97. The van der Waals surface area contributed by atoms with E-state index in [2.05, 4.69) is 10.5 Å². The van der Waals surface area contributed by atoms with Gasteiger partial charge in [0.25, 0.3) is 0 Å². The number of nitrogens with one attached hydrogen (secondary N) is 1. The molecule has 0 unspecified atom stereocenters. The molecule has 1 aliphatic rings. The number of nitrogens with zero attached hydrogens (tertiary/aromatic N) is 2. The molecule has 0 spiro atoms. The molecule has 0 atom stereocenters. The summed E-state index contributed by atoms with van der Waals surface area (Å²) >= 11 is 0. The molecule has 1 fully saturated rings. The SMILES string of the molecule is CN(C)C(=O)NC1(C(N)=NO)CCCC1. The van der Waals surface area contributed by atoms with Gasteiger partial charge in [-0.25, -0.2) is 4.79 Å². The quantitative estimate of drug-likeness (QED) is 0.267. The van der Waals surface area contributed by atoms with Crippen LogP contribution in [0.2, 0.25) is 0 Å². The molecule has 4 N–H and O–H groups in total. The normalized spacial score (nSPS) is 20.0. The average molecular weight is 214 g/mol. The fourth-order valence-corrected chi connectivity index (χ4v) is 1.84. The van der Waals surface area contributed by atoms with Crippen LogP contribution in [0.4, 0.5) is 4.79 Å². The molecule has 0 radical (unpaired) electrons. The van der Waals surface area contributed by atoms with Gasteiger partial charge in [0.05, 0.1) is 0 Å². The van der Waals surface area contributed by atoms with E-state index in [9.17, 15) is 4.79 Å². The third kappa shape index (κ3) is 2.31. The van der Waals surface area contributed by atoms with Crippen molar-refractivity contribution in [2.75, 3.05) is 14.1 Å². The Labute approximate surface area is 89.1 Å². The molecule has 0 aromatic heterocycles. The van der Waals surface area contributed by atoms with Crippen LogP contribution in [-0.2, 0) is 0 Å². The first kappa shape index (κ1) is 11.6. The van der Waals surface area contributed by atoms with E-state index >= 15 is 0 Å². The lowest BCUT2D eigenvalue weighted by atomic mass is 9.96. The van der Waals surface area contributed by atoms with E-state index in [0.717, 1.165) is 25.7 Å². The average Bonchev–Trinajstić information content (AvgIpc) is 2.66. The summed E-state index contributed by atoms with van der Waals surface area (Å²) < 4.78 is 0. The number of amides is 2. The van der Waals surface area contributed by atoms with Gasteiger partial charge < -0.3 is 21.2 Å². The van der Waals surface area contributed by atoms with Gasteiger partial charge in [-0.2, -0.15) is 0 Å². The maximum absolute atomic E-state index is 11.5. The topological polar surface area (TPSA) is 91.0 Å². The number of carbonyl (C=O) groups excluding carboxylic acids is 1. The fraction of sp³-hybridized carbons (Fsp3) is 0.778. The summed E-state index contributed by atoms with van der Waals surface area (Å²) in [7, 11) is 3.31. The number of nitrogens with two attached hydrogens (primary N) is 1. The predicted octanol–water partition coefficient (Wildman–Crippen LogP) is 0.317. The third-order valence-electron chi connectivity index (χ3n) is 2.81. The Kier molecular flexibility index (Phi) is 3.39. The molecule has 0 aliphatic heterocycles. The zero-order valence-electron chi connectivity index (χ0n) is 9.16. The fourth-order valence-electron chi connectivity index (χ4n) is 1.84. The van der Waals surface area contributed by atoms with Gasteiger partial charge in [-0.3, -0.25) is 0 Å². The van der Waals surface area contributed by atoms with Gasteiger partial charge in [0, 0.05) is 14.1 Å². The smallest absolute Gasteiger partial charge is 0.317 e. The van der Waals surface area contributed by atoms with Crippen LogP contribution in [0.1, 0.15) is 25.7 Å². The molecule has 86 valence electrons. The molecular formula is C9H18N4O2. The van der Waals surface area contributed by atoms with Crippen molar-refractivity contribution in [3.8, 4) is 0 Å². The number of carbonyl (C=O) groups is 1. The largest absolute Gasteiger partial charge is 0.409 e. The molecule has 0 aromatic rings. The molecule has 1 rings (SSSR count). The summed E-state index contributed by atoms with van der Waals surface area (Å²) in [5.74, 6) is 0.0928. The first-order valence-electron chi connectivity index (χ1n) is 4.99. The molecule has 2 amide bonds. The second-order valence-electron chi connectivity index (χ2n) is 4.10. The minimum absolute atomic E-state index is 0.0928. The second kappa shape index (κ2) is 4.37. The Morgan fingerprint density at radius 1 is 1.47 bits per heavy atom. The highest BCUT2D eigenvalue weighted by molar-refractivity contribution is 5.93. The van der Waals surface area contributed by atoms with Crippen LogP contribution in [0.25, 0.3) is 0 Å². The van der Waals surface area contributed by atoms with Gasteiger partial charge in [-0.05, 0) is 12.8 Å². The van der Waals surface area contributed by atoms with Gasteiger partial charge in [0.15, 0.2) is 5.84 Å². The van der Waals surface area contributed by atoms with Crippen molar-refractivity contribution in [1.29, 1.82) is 0 Å². The van der Waals surface area contributed by atoms with E-state index < -0.39 is 5.54 Å². The molecule has 15 heavy (non-hydrogen) atoms. The molecule has 6 nitrogen and oxygen atoms in total. The number of oxime groups is 1. The van der Waals surface area contributed by atoms with Crippen molar-refractivity contribution in [2.24, 2.45) is 10.9 Å². The van der Waals surface area contributed by atoms with Gasteiger partial charge in [-0.15, -0.1) is 0 Å². The molecule has 0 bridgehead atoms. The highest BCUT2D eigenvalue weighted by Crippen LogP contribution is 2.29. The van der Waals surface area contributed by atoms with Gasteiger partial charge in [-0.1, -0.05) is 18.0 Å². The number of urea groups is 1. The Morgan fingerprint density at radius 2 is 2.00 bits per heavy atom. The van der Waals surface area contributed by atoms with Crippen LogP contribution in [0.5, 0.6) is 0 Å². The lowest BCUT2D eigenvalue weighted by molar-refractivity contribution is 0.208. The maximum Gasteiger partial charge on any atom is 0.317 e. The molecule has 0 saturated heterocycles. The first-order valence-corrected chi connectivity index (χ1v) is 4.99. The van der Waals surface area contributed by atoms with E-state index in [0.29, 0.717) is 0 Å². The number of amidine groups is 1. The highest BCUT2D eigenvalue weighted by atomic mass is 16.4. The second-order valence-corrected chi connectivity index (χ2v) is 4.10. The molecular weight excluding hydrogens is 196 g/mol. The monoisotopic (exact) mass is 214 g/mol. The van der Waals surface area contributed by atoms with Crippen molar-refractivity contribution >= 4 is 11.9 Å². The van der Waals surface area contributed by atoms with Crippen molar-refractivity contribution < 1.29 is 10.0 Å². The third-order valence-corrected chi connectivity index (χ3v) is 2.81. The number of hydrogen-bond donors (Lipinski definition) is 3. The minimum Gasteiger partial charge on any atom is -0.409 e. The first-order chi connectivity index (χ1) is 7.02. The Morgan fingerprint density at radius 3 is 2.40 bits per heavy atom. The predicted molar refractivity (Wildman–Crippen MR) is 56.8 cm³/mol. The number of rotatable bonds is 2. The zero-order valence-corrected chi connectivity index (χ0v) is 9.16. The molecule has 6 heteroatoms.